The zero-order valence-corrected chi connectivity index (χ0v) is 22.9. The number of thiazole rings is 1. The second kappa shape index (κ2) is 11.0. The first-order valence-electron chi connectivity index (χ1n) is 12.9. The summed E-state index contributed by atoms with van der Waals surface area (Å²) in [5.41, 5.74) is 1.21. The highest BCUT2D eigenvalue weighted by Crippen LogP contribution is 2.43. The Balaban J connectivity index is 1.33. The number of aromatic nitrogens is 2. The standard InChI is InChI=1S/C27H31FN4O4S2/c1-16(2)36-27(33)32-19-6-3-17(4-7-19)26-30-15-23(37-26)22-11-8-20(31-25-12-5-18(28)14-29-25)13-24(22)38(34,35)21-9-10-21/h5,8,11-17,19,21H,3-4,6-7,9-10H2,1-2H3,(H,29,31)(H,32,33)/t17-,19-. The van der Waals surface area contributed by atoms with E-state index >= 15 is 0 Å². The van der Waals surface area contributed by atoms with Gasteiger partial charge in [-0.15, -0.1) is 11.3 Å². The van der Waals surface area contributed by atoms with Crippen LogP contribution in [-0.4, -0.2) is 41.9 Å². The van der Waals surface area contributed by atoms with Crippen LogP contribution in [0.25, 0.3) is 10.4 Å². The van der Waals surface area contributed by atoms with Gasteiger partial charge < -0.3 is 15.4 Å². The van der Waals surface area contributed by atoms with Crippen LogP contribution < -0.4 is 10.6 Å². The van der Waals surface area contributed by atoms with Crippen molar-refractivity contribution < 1.29 is 22.3 Å². The molecule has 0 atom stereocenters. The molecule has 2 fully saturated rings. The number of amides is 1. The lowest BCUT2D eigenvalue weighted by atomic mass is 9.86. The molecule has 2 aliphatic rings. The molecule has 0 saturated heterocycles. The van der Waals surface area contributed by atoms with E-state index in [1.54, 1.807) is 24.4 Å². The minimum atomic E-state index is -3.50. The number of hydrogen-bond acceptors (Lipinski definition) is 8. The molecule has 2 saturated carbocycles. The number of sulfone groups is 1. The number of carbonyl (C=O) groups excluding carboxylic acids is 1. The molecule has 11 heteroatoms. The third kappa shape index (κ3) is 6.15. The van der Waals surface area contributed by atoms with Crippen molar-refractivity contribution in [3.63, 3.8) is 0 Å². The van der Waals surface area contributed by atoms with Crippen molar-refractivity contribution >= 4 is 38.8 Å². The van der Waals surface area contributed by atoms with Crippen molar-refractivity contribution in [3.8, 4) is 10.4 Å². The summed E-state index contributed by atoms with van der Waals surface area (Å²) >= 11 is 1.53. The molecule has 0 spiro atoms. The van der Waals surface area contributed by atoms with Gasteiger partial charge >= 0.3 is 6.09 Å². The van der Waals surface area contributed by atoms with Crippen LogP contribution >= 0.6 is 11.3 Å². The fourth-order valence-electron chi connectivity index (χ4n) is 4.69. The second-order valence-corrected chi connectivity index (χ2v) is 13.4. The largest absolute Gasteiger partial charge is 0.447 e. The second-order valence-electron chi connectivity index (χ2n) is 10.2. The highest BCUT2D eigenvalue weighted by atomic mass is 32.2. The summed E-state index contributed by atoms with van der Waals surface area (Å²) in [6.07, 6.45) is 7.12. The first-order valence-corrected chi connectivity index (χ1v) is 15.2. The van der Waals surface area contributed by atoms with Crippen LogP contribution in [-0.2, 0) is 14.6 Å². The van der Waals surface area contributed by atoms with Gasteiger partial charge in [-0.3, -0.25) is 0 Å². The number of pyridine rings is 1. The van der Waals surface area contributed by atoms with Crippen molar-refractivity contribution in [2.45, 2.75) is 80.6 Å². The maximum absolute atomic E-state index is 13.4. The smallest absolute Gasteiger partial charge is 0.407 e. The molecule has 0 unspecified atom stereocenters. The zero-order chi connectivity index (χ0) is 26.9. The number of benzene rings is 1. The average molecular weight is 559 g/mol. The molecular formula is C27H31FN4O4S2. The molecule has 2 aliphatic carbocycles. The number of nitrogens with zero attached hydrogens (tertiary/aromatic N) is 2. The summed E-state index contributed by atoms with van der Waals surface area (Å²) in [4.78, 5) is 21.7. The molecule has 3 aromatic rings. The van der Waals surface area contributed by atoms with Crippen molar-refractivity contribution in [1.29, 1.82) is 0 Å². The van der Waals surface area contributed by atoms with Gasteiger partial charge in [0.2, 0.25) is 0 Å². The first kappa shape index (κ1) is 26.6. The average Bonchev–Trinajstić information content (AvgIpc) is 3.64. The first-order chi connectivity index (χ1) is 18.2. The molecule has 2 N–H and O–H groups in total. The van der Waals surface area contributed by atoms with Crippen molar-refractivity contribution in [3.05, 3.63) is 53.6 Å². The predicted molar refractivity (Wildman–Crippen MR) is 145 cm³/mol. The van der Waals surface area contributed by atoms with Gasteiger partial charge in [0.05, 0.1) is 32.3 Å². The van der Waals surface area contributed by atoms with Crippen molar-refractivity contribution in [2.75, 3.05) is 5.32 Å². The molecule has 0 bridgehead atoms. The number of nitrogens with one attached hydrogen (secondary N) is 2. The van der Waals surface area contributed by atoms with Crippen LogP contribution in [0.5, 0.6) is 0 Å². The Kier molecular flexibility index (Phi) is 7.67. The number of ether oxygens (including phenoxy) is 1. The Labute approximate surface area is 226 Å². The van der Waals surface area contributed by atoms with E-state index in [-0.39, 0.29) is 34.3 Å². The number of anilines is 2. The molecular weight excluding hydrogens is 527 g/mol. The van der Waals surface area contributed by atoms with Gasteiger partial charge in [0.15, 0.2) is 9.84 Å². The van der Waals surface area contributed by atoms with Crippen LogP contribution in [0, 0.1) is 5.82 Å². The lowest BCUT2D eigenvalue weighted by molar-refractivity contribution is 0.109. The molecule has 2 aromatic heterocycles. The van der Waals surface area contributed by atoms with Crippen molar-refractivity contribution in [1.82, 2.24) is 15.3 Å². The van der Waals surface area contributed by atoms with Gasteiger partial charge in [-0.05, 0) is 76.6 Å². The minimum absolute atomic E-state index is 0.0860. The van der Waals surface area contributed by atoms with Crippen LogP contribution in [0.1, 0.15) is 63.3 Å². The Hall–Kier alpha value is -3.05. The minimum Gasteiger partial charge on any atom is -0.447 e. The summed E-state index contributed by atoms with van der Waals surface area (Å²) in [6, 6.07) is 8.14. The Morgan fingerprint density at radius 3 is 2.47 bits per heavy atom. The maximum Gasteiger partial charge on any atom is 0.407 e. The number of alkyl carbamates (subject to hydrolysis) is 1. The van der Waals surface area contributed by atoms with E-state index in [4.69, 9.17) is 4.74 Å². The summed E-state index contributed by atoms with van der Waals surface area (Å²) in [6.45, 7) is 3.65. The fraction of sp³-hybridized carbons (Fsp3) is 0.444. The van der Waals surface area contributed by atoms with Crippen LogP contribution in [0.15, 0.2) is 47.6 Å². The molecule has 0 aliphatic heterocycles. The molecule has 202 valence electrons. The van der Waals surface area contributed by atoms with E-state index in [2.05, 4.69) is 20.6 Å². The van der Waals surface area contributed by atoms with E-state index in [1.807, 2.05) is 13.8 Å². The highest BCUT2D eigenvalue weighted by molar-refractivity contribution is 7.92. The Bertz CT molecular complexity index is 1400. The molecule has 1 aromatic carbocycles. The van der Waals surface area contributed by atoms with Gasteiger partial charge in [0.1, 0.15) is 11.6 Å². The van der Waals surface area contributed by atoms with E-state index in [0.717, 1.165) is 41.8 Å². The number of carbonyl (C=O) groups is 1. The topological polar surface area (TPSA) is 110 Å². The van der Waals surface area contributed by atoms with Gasteiger partial charge in [0.25, 0.3) is 0 Å². The number of hydrogen-bond donors (Lipinski definition) is 2. The third-order valence-electron chi connectivity index (χ3n) is 6.78. The number of halogens is 1. The monoisotopic (exact) mass is 558 g/mol. The molecule has 5 rings (SSSR count). The quantitative estimate of drug-likeness (QED) is 0.339. The Morgan fingerprint density at radius 1 is 1.05 bits per heavy atom. The highest BCUT2D eigenvalue weighted by Gasteiger charge is 2.39. The van der Waals surface area contributed by atoms with Crippen LogP contribution in [0.3, 0.4) is 0 Å². The predicted octanol–water partition coefficient (Wildman–Crippen LogP) is 6.18. The lowest BCUT2D eigenvalue weighted by Gasteiger charge is -2.28. The summed E-state index contributed by atoms with van der Waals surface area (Å²) in [5.74, 6) is 0.251. The molecule has 0 radical (unpaired) electrons. The molecule has 38 heavy (non-hydrogen) atoms. The summed E-state index contributed by atoms with van der Waals surface area (Å²) in [7, 11) is -3.50. The summed E-state index contributed by atoms with van der Waals surface area (Å²) in [5, 5.41) is 6.64. The fourth-order valence-corrected chi connectivity index (χ4v) is 7.78. The molecule has 8 nitrogen and oxygen atoms in total. The third-order valence-corrected chi connectivity index (χ3v) is 10.3. The van der Waals surface area contributed by atoms with E-state index in [1.165, 1.54) is 23.5 Å². The van der Waals surface area contributed by atoms with Crippen LogP contribution in [0.4, 0.5) is 20.7 Å². The van der Waals surface area contributed by atoms with E-state index in [0.29, 0.717) is 29.9 Å². The lowest BCUT2D eigenvalue weighted by Crippen LogP contribution is -2.38. The maximum atomic E-state index is 13.4. The van der Waals surface area contributed by atoms with E-state index in [9.17, 15) is 17.6 Å². The Morgan fingerprint density at radius 2 is 1.82 bits per heavy atom. The normalized spacial score (nSPS) is 19.8. The SMILES string of the molecule is CC(C)OC(=O)N[C@H]1CC[C@H](c2ncc(-c3ccc(Nc4ccc(F)cn4)cc3S(=O)(=O)C3CC3)s2)CC1. The van der Waals surface area contributed by atoms with E-state index < -0.39 is 15.7 Å². The summed E-state index contributed by atoms with van der Waals surface area (Å²) < 4.78 is 45.2. The van der Waals surface area contributed by atoms with Gasteiger partial charge in [-0.25, -0.2) is 27.6 Å². The van der Waals surface area contributed by atoms with Gasteiger partial charge in [-0.2, -0.15) is 0 Å². The van der Waals surface area contributed by atoms with Gasteiger partial charge in [-0.1, -0.05) is 6.07 Å². The van der Waals surface area contributed by atoms with Gasteiger partial charge in [0, 0.05) is 29.4 Å². The molecule has 2 heterocycles. The van der Waals surface area contributed by atoms with Crippen molar-refractivity contribution in [2.24, 2.45) is 0 Å². The molecule has 1 amide bonds. The van der Waals surface area contributed by atoms with Crippen LogP contribution in [0.2, 0.25) is 0 Å². The zero-order valence-electron chi connectivity index (χ0n) is 21.3. The number of rotatable bonds is 8.